The van der Waals surface area contributed by atoms with Crippen molar-refractivity contribution in [3.63, 3.8) is 0 Å². The molecule has 1 N–H and O–H groups in total. The Morgan fingerprint density at radius 2 is 1.56 bits per heavy atom. The van der Waals surface area contributed by atoms with Crippen molar-refractivity contribution in [3.05, 3.63) is 107 Å². The number of rotatable bonds is 12. The number of hydrogen-bond acceptors (Lipinski definition) is 3. The van der Waals surface area contributed by atoms with Crippen molar-refractivity contribution in [2.24, 2.45) is 0 Å². The molecule has 3 aromatic rings. The highest BCUT2D eigenvalue weighted by Gasteiger charge is 2.30. The van der Waals surface area contributed by atoms with Crippen LogP contribution in [0.15, 0.2) is 78.9 Å². The van der Waals surface area contributed by atoms with E-state index in [1.54, 1.807) is 16.7 Å². The second-order valence-electron chi connectivity index (χ2n) is 9.51. The van der Waals surface area contributed by atoms with E-state index in [9.17, 15) is 9.59 Å². The Kier molecular flexibility index (Phi) is 10.6. The van der Waals surface area contributed by atoms with Gasteiger partial charge in [-0.25, -0.2) is 0 Å². The molecule has 0 saturated heterocycles. The van der Waals surface area contributed by atoms with Crippen molar-refractivity contribution >= 4 is 23.6 Å². The molecule has 190 valence electrons. The maximum atomic E-state index is 13.7. The van der Waals surface area contributed by atoms with Crippen LogP contribution in [0.3, 0.4) is 0 Å². The summed E-state index contributed by atoms with van der Waals surface area (Å²) in [5, 5.41) is 3.13. The van der Waals surface area contributed by atoms with Gasteiger partial charge in [-0.05, 0) is 43.9 Å². The van der Waals surface area contributed by atoms with Crippen molar-refractivity contribution < 1.29 is 9.59 Å². The maximum Gasteiger partial charge on any atom is 0.243 e. The zero-order chi connectivity index (χ0) is 25.9. The first-order valence-electron chi connectivity index (χ1n) is 12.7. The summed E-state index contributed by atoms with van der Waals surface area (Å²) in [6, 6.07) is 26.0. The van der Waals surface area contributed by atoms with Gasteiger partial charge < -0.3 is 10.2 Å². The summed E-state index contributed by atoms with van der Waals surface area (Å²) >= 11 is 1.60. The van der Waals surface area contributed by atoms with E-state index in [4.69, 9.17) is 0 Å². The summed E-state index contributed by atoms with van der Waals surface area (Å²) in [4.78, 5) is 29.0. The average Bonchev–Trinajstić information content (AvgIpc) is 2.87. The van der Waals surface area contributed by atoms with Crippen LogP contribution in [-0.2, 0) is 28.3 Å². The molecule has 0 spiro atoms. The molecule has 5 heteroatoms. The molecule has 0 aromatic heterocycles. The Morgan fingerprint density at radius 1 is 0.861 bits per heavy atom. The fraction of sp³-hybridized carbons (Fsp3) is 0.355. The van der Waals surface area contributed by atoms with Gasteiger partial charge in [0.2, 0.25) is 11.8 Å². The van der Waals surface area contributed by atoms with E-state index in [1.807, 2.05) is 69.3 Å². The van der Waals surface area contributed by atoms with E-state index in [-0.39, 0.29) is 17.9 Å². The van der Waals surface area contributed by atoms with E-state index in [1.165, 1.54) is 16.7 Å². The molecule has 0 aliphatic carbocycles. The number of nitrogens with one attached hydrogen (secondary N) is 1. The first-order valence-corrected chi connectivity index (χ1v) is 13.8. The number of amides is 2. The number of hydrogen-bond donors (Lipinski definition) is 1. The first-order chi connectivity index (χ1) is 17.4. The van der Waals surface area contributed by atoms with Crippen molar-refractivity contribution in [1.29, 1.82) is 0 Å². The van der Waals surface area contributed by atoms with Gasteiger partial charge in [0.05, 0.1) is 5.75 Å². The molecule has 0 bridgehead atoms. The topological polar surface area (TPSA) is 49.4 Å². The molecule has 0 unspecified atom stereocenters. The van der Waals surface area contributed by atoms with Gasteiger partial charge in [0.15, 0.2) is 0 Å². The van der Waals surface area contributed by atoms with Crippen LogP contribution in [0.25, 0.3) is 0 Å². The molecule has 3 aromatic carbocycles. The van der Waals surface area contributed by atoms with Gasteiger partial charge in [-0.15, -0.1) is 11.8 Å². The maximum absolute atomic E-state index is 13.7. The number of carbonyl (C=O) groups is 2. The Labute approximate surface area is 220 Å². The standard InChI is InChI=1S/C31H38N2O2S/c1-5-25(4)32-31(35)29(19-26-11-7-6-8-12-26)33(20-27-16-14-23(2)15-17-27)30(34)22-36-21-28-13-9-10-24(3)18-28/h6-18,25,29H,5,19-22H2,1-4H3,(H,32,35)/t25-,29-/m1/s1. The zero-order valence-corrected chi connectivity index (χ0v) is 22.7. The molecule has 36 heavy (non-hydrogen) atoms. The quantitative estimate of drug-likeness (QED) is 0.326. The molecule has 0 aliphatic rings. The van der Waals surface area contributed by atoms with Gasteiger partial charge in [-0.2, -0.15) is 0 Å². The van der Waals surface area contributed by atoms with Gasteiger partial charge in [0.25, 0.3) is 0 Å². The van der Waals surface area contributed by atoms with Crippen molar-refractivity contribution in [2.45, 2.75) is 64.9 Å². The lowest BCUT2D eigenvalue weighted by atomic mass is 10.0. The minimum absolute atomic E-state index is 0.0199. The highest BCUT2D eigenvalue weighted by molar-refractivity contribution is 7.99. The Morgan fingerprint density at radius 3 is 2.22 bits per heavy atom. The monoisotopic (exact) mass is 502 g/mol. The highest BCUT2D eigenvalue weighted by atomic mass is 32.2. The predicted octanol–water partition coefficient (Wildman–Crippen LogP) is 6.09. The van der Waals surface area contributed by atoms with E-state index in [2.05, 4.69) is 42.6 Å². The van der Waals surface area contributed by atoms with Crippen molar-refractivity contribution in [3.8, 4) is 0 Å². The SMILES string of the molecule is CC[C@@H](C)NC(=O)[C@@H](Cc1ccccc1)N(Cc1ccc(C)cc1)C(=O)CSCc1cccc(C)c1. The van der Waals surface area contributed by atoms with E-state index in [0.717, 1.165) is 23.3 Å². The van der Waals surface area contributed by atoms with Crippen molar-refractivity contribution in [1.82, 2.24) is 10.2 Å². The van der Waals surface area contributed by atoms with Crippen LogP contribution in [0.1, 0.15) is 48.1 Å². The predicted molar refractivity (Wildman–Crippen MR) is 151 cm³/mol. The lowest BCUT2D eigenvalue weighted by Gasteiger charge is -2.32. The number of aryl methyl sites for hydroxylation is 2. The third-order valence-electron chi connectivity index (χ3n) is 6.32. The summed E-state index contributed by atoms with van der Waals surface area (Å²) in [7, 11) is 0. The molecular weight excluding hydrogens is 464 g/mol. The molecular formula is C31H38N2O2S. The van der Waals surface area contributed by atoms with Crippen LogP contribution in [0.4, 0.5) is 0 Å². The van der Waals surface area contributed by atoms with Gasteiger partial charge in [0, 0.05) is 24.8 Å². The minimum Gasteiger partial charge on any atom is -0.352 e. The van der Waals surface area contributed by atoms with Crippen molar-refractivity contribution in [2.75, 3.05) is 5.75 Å². The molecule has 2 atom stereocenters. The summed E-state index contributed by atoms with van der Waals surface area (Å²) < 4.78 is 0. The number of thioether (sulfide) groups is 1. The fourth-order valence-corrected chi connectivity index (χ4v) is 4.88. The second kappa shape index (κ2) is 13.9. The number of nitrogens with zero attached hydrogens (tertiary/aromatic N) is 1. The summed E-state index contributed by atoms with van der Waals surface area (Å²) in [6.07, 6.45) is 1.31. The Hall–Kier alpha value is -3.05. The van der Waals surface area contributed by atoms with Crippen LogP contribution in [-0.4, -0.2) is 34.6 Å². The minimum atomic E-state index is -0.588. The lowest BCUT2D eigenvalue weighted by Crippen LogP contribution is -2.52. The van der Waals surface area contributed by atoms with Gasteiger partial charge in [-0.3, -0.25) is 9.59 Å². The van der Waals surface area contributed by atoms with Gasteiger partial charge in [-0.1, -0.05) is 96.9 Å². The lowest BCUT2D eigenvalue weighted by molar-refractivity contribution is -0.139. The highest BCUT2D eigenvalue weighted by Crippen LogP contribution is 2.19. The Balaban J connectivity index is 1.85. The van der Waals surface area contributed by atoms with Crippen LogP contribution in [0, 0.1) is 13.8 Å². The third kappa shape index (κ3) is 8.56. The summed E-state index contributed by atoms with van der Waals surface area (Å²) in [5.41, 5.74) is 5.64. The van der Waals surface area contributed by atoms with Crippen LogP contribution < -0.4 is 5.32 Å². The molecule has 0 radical (unpaired) electrons. The number of benzene rings is 3. The molecule has 3 rings (SSSR count). The Bertz CT molecular complexity index is 1110. The summed E-state index contributed by atoms with van der Waals surface area (Å²) in [6.45, 7) is 8.57. The van der Waals surface area contributed by atoms with E-state index in [0.29, 0.717) is 18.7 Å². The molecule has 4 nitrogen and oxygen atoms in total. The van der Waals surface area contributed by atoms with Crippen LogP contribution >= 0.6 is 11.8 Å². The van der Waals surface area contributed by atoms with Crippen LogP contribution in [0.5, 0.6) is 0 Å². The zero-order valence-electron chi connectivity index (χ0n) is 21.9. The molecule has 0 aliphatic heterocycles. The normalized spacial score (nSPS) is 12.6. The third-order valence-corrected chi connectivity index (χ3v) is 7.31. The second-order valence-corrected chi connectivity index (χ2v) is 10.5. The average molecular weight is 503 g/mol. The van der Waals surface area contributed by atoms with Gasteiger partial charge >= 0.3 is 0 Å². The van der Waals surface area contributed by atoms with E-state index < -0.39 is 6.04 Å². The summed E-state index contributed by atoms with van der Waals surface area (Å²) in [5.74, 6) is 0.960. The molecule has 0 saturated carbocycles. The fourth-order valence-electron chi connectivity index (χ4n) is 4.03. The molecule has 0 heterocycles. The first kappa shape index (κ1) is 27.5. The van der Waals surface area contributed by atoms with Gasteiger partial charge in [0.1, 0.15) is 6.04 Å². The number of carbonyl (C=O) groups excluding carboxylic acids is 2. The van der Waals surface area contributed by atoms with E-state index >= 15 is 0 Å². The molecule has 0 fully saturated rings. The smallest absolute Gasteiger partial charge is 0.243 e. The molecule has 2 amide bonds. The largest absolute Gasteiger partial charge is 0.352 e. The van der Waals surface area contributed by atoms with Crippen LogP contribution in [0.2, 0.25) is 0 Å².